The number of hydrogen-bond acceptors (Lipinski definition) is 16. The van der Waals surface area contributed by atoms with Gasteiger partial charge in [-0.15, -0.1) is 0 Å². The van der Waals surface area contributed by atoms with Gasteiger partial charge in [0.25, 0.3) is 0 Å². The average Bonchev–Trinajstić information content (AvgIpc) is 3.94. The number of aromatic amines is 1. The molecule has 0 saturated heterocycles. The summed E-state index contributed by atoms with van der Waals surface area (Å²) in [6.45, 7) is 15.9. The average molecular weight is 1170 g/mol. The number of H-pyrrole nitrogens is 1. The second-order valence-electron chi connectivity index (χ2n) is 16.1. The summed E-state index contributed by atoms with van der Waals surface area (Å²) in [7, 11) is 3.28. The Morgan fingerprint density at radius 2 is 0.986 bits per heavy atom. The third-order valence-corrected chi connectivity index (χ3v) is 10.8. The molecular weight excluding hydrogens is 1090 g/mol. The summed E-state index contributed by atoms with van der Waals surface area (Å²) in [6, 6.07) is 7.87. The summed E-state index contributed by atoms with van der Waals surface area (Å²) in [5, 5.41) is 31.6. The first-order valence-electron chi connectivity index (χ1n) is 24.1. The van der Waals surface area contributed by atoms with E-state index in [1.54, 1.807) is 20.4 Å². The van der Waals surface area contributed by atoms with Gasteiger partial charge in [-0.3, -0.25) is 9.97 Å². The molecule has 7 N–H and O–H groups in total. The maximum Gasteiger partial charge on any atom is 3.00 e. The number of hydrogen-bond donors (Lipinski definition) is 3. The molecule has 0 unspecified atom stereocenters. The number of aliphatic hydroxyl groups is 2. The number of aryl methyl sites for hydroxylation is 2. The molecule has 404 valence electrons. The Bertz CT molecular complexity index is 2390. The van der Waals surface area contributed by atoms with Gasteiger partial charge in [0.2, 0.25) is 0 Å². The number of aromatic nitrogens is 5. The van der Waals surface area contributed by atoms with Crippen molar-refractivity contribution < 1.29 is 105 Å². The molecule has 4 heterocycles. The van der Waals surface area contributed by atoms with E-state index in [4.69, 9.17) is 77.6 Å². The topological polar surface area (TPSA) is 262 Å². The van der Waals surface area contributed by atoms with Gasteiger partial charge in [-0.2, -0.15) is 0 Å². The zero-order chi connectivity index (χ0) is 52.0. The number of aliphatic hydroxyl groups excluding tert-OH is 2. The first-order valence-corrected chi connectivity index (χ1v) is 24.1. The van der Waals surface area contributed by atoms with Crippen LogP contribution in [0.5, 0.6) is 11.5 Å². The van der Waals surface area contributed by atoms with Crippen LogP contribution >= 0.6 is 0 Å². The molecule has 19 nitrogen and oxygen atoms in total. The summed E-state index contributed by atoms with van der Waals surface area (Å²) in [5.74, 6) is -0.228. The first kappa shape index (κ1) is 63.7. The Morgan fingerprint density at radius 3 is 1.46 bits per heavy atom. The number of methoxy groups -OCH3 is 2. The van der Waals surface area contributed by atoms with E-state index in [1.807, 2.05) is 25.3 Å². The smallest absolute Gasteiger partial charge is 0.565 e. The van der Waals surface area contributed by atoms with E-state index >= 15 is 0 Å². The molecule has 3 aromatic rings. The van der Waals surface area contributed by atoms with E-state index in [2.05, 4.69) is 37.9 Å². The van der Waals surface area contributed by atoms with Crippen LogP contribution in [0.25, 0.3) is 44.4 Å². The second-order valence-corrected chi connectivity index (χ2v) is 16.1. The van der Waals surface area contributed by atoms with Gasteiger partial charge in [-0.1, -0.05) is 13.8 Å². The summed E-state index contributed by atoms with van der Waals surface area (Å²) >= 11 is 0. The van der Waals surface area contributed by atoms with Crippen molar-refractivity contribution in [1.29, 1.82) is 0 Å². The van der Waals surface area contributed by atoms with Gasteiger partial charge in [-0.05, 0) is 97.9 Å². The predicted octanol–water partition coefficient (Wildman–Crippen LogP) is 5.64. The molecule has 0 saturated carbocycles. The minimum absolute atomic E-state index is 0. The number of carbonyl (C=O) groups is 2. The molecule has 0 fully saturated rings. The molecule has 1 aromatic carbocycles. The molecule has 20 heteroatoms. The second kappa shape index (κ2) is 36.5. The summed E-state index contributed by atoms with van der Waals surface area (Å²) < 4.78 is 45.3. The zero-order valence-corrected chi connectivity index (χ0v) is 44.8. The number of benzene rings is 1. The number of fused-ring (bicyclic) bond motifs is 7. The van der Waals surface area contributed by atoms with Crippen molar-refractivity contribution in [3.8, 4) is 11.5 Å². The number of nitrogens with one attached hydrogen (secondary N) is 1. The molecule has 0 atom stereocenters. The van der Waals surface area contributed by atoms with Crippen LogP contribution in [-0.2, 0) is 44.4 Å². The molecule has 2 aliphatic heterocycles. The van der Waals surface area contributed by atoms with Crippen molar-refractivity contribution in [3.63, 3.8) is 0 Å². The van der Waals surface area contributed by atoms with Crippen LogP contribution in [0.2, 0.25) is 0 Å². The van der Waals surface area contributed by atoms with E-state index in [0.717, 1.165) is 63.2 Å². The van der Waals surface area contributed by atoms with Crippen LogP contribution in [0.3, 0.4) is 0 Å². The number of nitrogens with zero attached hydrogens (tertiary/aromatic N) is 4. The van der Waals surface area contributed by atoms with Crippen molar-refractivity contribution in [2.45, 2.75) is 80.1 Å². The first-order chi connectivity index (χ1) is 34.3. The molecule has 2 aliphatic rings. The molecule has 0 aliphatic carbocycles. The van der Waals surface area contributed by atoms with E-state index < -0.39 is 11.9 Å². The standard InChI is InChI=1S/C48H67N5O10.2C2H4O2.Lu/c1-7-35-36(8-2)40-28-42-38(12-10-14-55)34(4)46(53-42)32-50-44-30-48(63-26-24-61-22-20-59-18-16-57-6)47(62-25-23-60-21-19-58-17-15-56-5)29-43(44)49-31-45-33(3)37(11-9-13-54)41(52-45)27-39(35)51-40;2*1-2(3)4;/h27-32,52,54-55H,7-26H2,1-6H3;2*1H3,(H,3,4);/q;;;+3/p+2. The van der Waals surface area contributed by atoms with Crippen molar-refractivity contribution in [3.05, 3.63) is 70.6 Å². The Kier molecular flexibility index (Phi) is 32.3. The van der Waals surface area contributed by atoms with E-state index in [1.165, 1.54) is 25.0 Å². The fraction of sp³-hybridized carbons (Fsp3) is 0.538. The van der Waals surface area contributed by atoms with Crippen LogP contribution in [0.15, 0.2) is 36.7 Å². The van der Waals surface area contributed by atoms with Crippen molar-refractivity contribution in [2.24, 2.45) is 0 Å². The van der Waals surface area contributed by atoms with Gasteiger partial charge in [-0.25, -0.2) is 9.97 Å². The minimum Gasteiger partial charge on any atom is -0.565 e. The monoisotopic (exact) mass is 1170 g/mol. The minimum atomic E-state index is -0.583. The van der Waals surface area contributed by atoms with Crippen molar-refractivity contribution in [2.75, 3.05) is 107 Å². The fourth-order valence-corrected chi connectivity index (χ4v) is 7.41. The normalized spacial score (nSPS) is 11.8. The van der Waals surface area contributed by atoms with Gasteiger partial charge in [0.15, 0.2) is 11.5 Å². The third-order valence-electron chi connectivity index (χ3n) is 10.8. The number of rotatable bonds is 28. The molecule has 0 radical (unpaired) electrons. The number of allylic oxidation sites excluding steroid dienone is 4. The fourth-order valence-electron chi connectivity index (χ4n) is 7.41. The molecule has 72 heavy (non-hydrogen) atoms. The van der Waals surface area contributed by atoms with Crippen LogP contribution in [0.4, 0.5) is 0 Å². The molecular formula is C52H77LuN5O14+5. The van der Waals surface area contributed by atoms with Gasteiger partial charge < -0.3 is 63.3 Å². The van der Waals surface area contributed by atoms with Gasteiger partial charge >= 0.3 is 48.8 Å². The molecule has 0 amide bonds. The largest absolute Gasteiger partial charge is 3.00 e. The van der Waals surface area contributed by atoms with Gasteiger partial charge in [0.05, 0.1) is 132 Å². The van der Waals surface area contributed by atoms with E-state index in [9.17, 15) is 10.2 Å². The van der Waals surface area contributed by atoms with Crippen molar-refractivity contribution in [1.82, 2.24) is 24.9 Å². The molecule has 0 spiro atoms. The van der Waals surface area contributed by atoms with E-state index in [0.29, 0.717) is 120 Å². The van der Waals surface area contributed by atoms with Crippen LogP contribution in [0, 0.1) is 43.8 Å². The van der Waals surface area contributed by atoms with E-state index in [-0.39, 0.29) is 63.3 Å². The maximum atomic E-state index is 9.86. The van der Waals surface area contributed by atoms with Crippen molar-refractivity contribution >= 4 is 56.3 Å². The number of carbonyl (C=O) groups excluding carboxylic acids is 2. The Hall–Kier alpha value is -4.41. The SMILES string of the molecule is CC(=O)[OH2+].CC(=O)[OH2+].CCC1=C(CC)c2cc3[nH]c(cnc4cc(OCCOCCOCCOC)c(OCCOCCOCCOC)cc4ncc4nc(cc1n2)C(CCCO)=C4C)c(C)c3CCCO.[Lu+3]. The van der Waals surface area contributed by atoms with Gasteiger partial charge in [0, 0.05) is 54.7 Å². The molecule has 2 aromatic heterocycles. The summed E-state index contributed by atoms with van der Waals surface area (Å²) in [6.07, 6.45) is 7.76. The Labute approximate surface area is 452 Å². The molecule has 6 bridgehead atoms. The third kappa shape index (κ3) is 22.0. The predicted molar refractivity (Wildman–Crippen MR) is 274 cm³/mol. The summed E-state index contributed by atoms with van der Waals surface area (Å²) in [4.78, 5) is 42.3. The zero-order valence-electron chi connectivity index (χ0n) is 43.1. The molecule has 5 rings (SSSR count). The Morgan fingerprint density at radius 1 is 0.569 bits per heavy atom. The van der Waals surface area contributed by atoms with Crippen LogP contribution < -0.4 is 9.47 Å². The Balaban J connectivity index is 0.00000183. The summed E-state index contributed by atoms with van der Waals surface area (Å²) in [5.41, 5.74) is 12.7. The number of ether oxygens (including phenoxy) is 8. The quantitative estimate of drug-likeness (QED) is 0.0587. The van der Waals surface area contributed by atoms with Gasteiger partial charge in [0.1, 0.15) is 13.2 Å². The van der Waals surface area contributed by atoms with Crippen LogP contribution in [-0.4, -0.2) is 164 Å². The van der Waals surface area contributed by atoms with Crippen LogP contribution in [0.1, 0.15) is 101 Å². The maximum absolute atomic E-state index is 9.86.